The molecule has 0 atom stereocenters. The van der Waals surface area contributed by atoms with Crippen LogP contribution in [-0.2, 0) is 33.1 Å². The molecule has 2 N–H and O–H groups in total. The summed E-state index contributed by atoms with van der Waals surface area (Å²) in [5.74, 6) is 0.309. The van der Waals surface area contributed by atoms with E-state index in [0.29, 0.717) is 35.5 Å². The molecule has 13 heteroatoms. The maximum Gasteiger partial charge on any atom is 2.00 e. The number of aryl methyl sites for hydroxylation is 2. The Morgan fingerprint density at radius 3 is 1.51 bits per heavy atom. The molecule has 0 aromatic heterocycles. The molecule has 0 fully saturated rings. The van der Waals surface area contributed by atoms with Gasteiger partial charge in [0.1, 0.15) is 27.4 Å². The molecule has 0 bridgehead atoms. The van der Waals surface area contributed by atoms with Crippen molar-refractivity contribution in [3.63, 3.8) is 0 Å². The van der Waals surface area contributed by atoms with Crippen LogP contribution < -0.4 is 14.6 Å². The van der Waals surface area contributed by atoms with Gasteiger partial charge in [-0.3, -0.25) is 4.55 Å². The van der Waals surface area contributed by atoms with Gasteiger partial charge in [0.2, 0.25) is 0 Å². The average molecular weight is 767 g/mol. The van der Waals surface area contributed by atoms with Gasteiger partial charge in [-0.25, -0.2) is 8.42 Å². The number of ether oxygens (including phenoxy) is 2. The number of unbranched alkanes of at least 4 members (excludes halogenated alkanes) is 8. The Hall–Kier alpha value is -2.84. The van der Waals surface area contributed by atoms with E-state index in [1.165, 1.54) is 12.1 Å². The Bertz CT molecular complexity index is 1710. The minimum atomic E-state index is -4.66. The number of benzene rings is 4. The first-order chi connectivity index (χ1) is 23.8. The standard InChI is InChI=1S/2C19H24O5S.Ca/c2*1-2-3-4-5-7-10-15-13-17(25(21,22)23)14-18(19(15)20)24-16-11-8-6-9-12-16;/h2*6,8-9,11-14,20H,2-5,7,10H2,1H3,(H,21,22,23);/q;;+2/p-2. The summed E-state index contributed by atoms with van der Waals surface area (Å²) in [6.07, 6.45) is 11.2. The summed E-state index contributed by atoms with van der Waals surface area (Å²) in [5, 5.41) is 23.0. The third-order valence-electron chi connectivity index (χ3n) is 7.86. The monoisotopic (exact) mass is 766 g/mol. The number of aromatic hydroxyl groups is 1. The van der Waals surface area contributed by atoms with Gasteiger partial charge in [-0.05, 0) is 73.7 Å². The van der Waals surface area contributed by atoms with Gasteiger partial charge in [0.25, 0.3) is 10.1 Å². The number of rotatable bonds is 18. The van der Waals surface area contributed by atoms with Crippen LogP contribution in [0.3, 0.4) is 0 Å². The molecule has 4 aromatic carbocycles. The van der Waals surface area contributed by atoms with Crippen LogP contribution in [0, 0.1) is 0 Å². The zero-order valence-corrected chi connectivity index (χ0v) is 33.1. The molecule has 10 nitrogen and oxygen atoms in total. The van der Waals surface area contributed by atoms with Gasteiger partial charge in [0.05, 0.1) is 9.79 Å². The second kappa shape index (κ2) is 22.3. The summed E-state index contributed by atoms with van der Waals surface area (Å²) < 4.78 is 77.8. The third-order valence-corrected chi connectivity index (χ3v) is 9.51. The molecule has 0 aliphatic carbocycles. The molecule has 272 valence electrons. The average Bonchev–Trinajstić information content (AvgIpc) is 3.08. The van der Waals surface area contributed by atoms with Crippen LogP contribution in [0.25, 0.3) is 0 Å². The largest absolute Gasteiger partial charge is 2.00 e. The Labute approximate surface area is 332 Å². The van der Waals surface area contributed by atoms with Gasteiger partial charge >= 0.3 is 37.7 Å². The summed E-state index contributed by atoms with van der Waals surface area (Å²) in [7, 11) is -9.05. The van der Waals surface area contributed by atoms with Crippen molar-refractivity contribution in [1.82, 2.24) is 0 Å². The van der Waals surface area contributed by atoms with Gasteiger partial charge in [0.15, 0.2) is 11.5 Å². The third kappa shape index (κ3) is 15.3. The first-order valence-electron chi connectivity index (χ1n) is 16.9. The molecule has 4 rings (SSSR count). The molecule has 0 spiro atoms. The second-order valence-corrected chi connectivity index (χ2v) is 14.7. The second-order valence-electron chi connectivity index (χ2n) is 11.9. The van der Waals surface area contributed by atoms with E-state index in [9.17, 15) is 36.2 Å². The maximum atomic E-state index is 12.6. The van der Waals surface area contributed by atoms with E-state index in [0.717, 1.165) is 76.3 Å². The van der Waals surface area contributed by atoms with Gasteiger partial charge in [0, 0.05) is 6.07 Å². The van der Waals surface area contributed by atoms with Crippen LogP contribution in [0.1, 0.15) is 89.2 Å². The fourth-order valence-electron chi connectivity index (χ4n) is 5.16. The van der Waals surface area contributed by atoms with Crippen LogP contribution in [0.2, 0.25) is 0 Å². The van der Waals surface area contributed by atoms with Crippen molar-refractivity contribution >= 4 is 58.0 Å². The van der Waals surface area contributed by atoms with Crippen molar-refractivity contribution in [3.8, 4) is 34.5 Å². The van der Waals surface area contributed by atoms with E-state index in [2.05, 4.69) is 13.8 Å². The minimum Gasteiger partial charge on any atom is -0.870 e. The molecule has 0 saturated heterocycles. The molecular formula is C38H46CaO10S2. The Balaban J connectivity index is 0.000000347. The molecular weight excluding hydrogens is 721 g/mol. The van der Waals surface area contributed by atoms with Gasteiger partial charge < -0.3 is 24.2 Å². The zero-order chi connectivity index (χ0) is 36.6. The maximum absolute atomic E-state index is 12.6. The molecule has 4 aromatic rings. The minimum absolute atomic E-state index is 0. The van der Waals surface area contributed by atoms with Gasteiger partial charge in [-0.15, -0.1) is 0 Å². The fraction of sp³-hybridized carbons (Fsp3) is 0.368. The predicted octanol–water partition coefficient (Wildman–Crippen LogP) is 8.53. The van der Waals surface area contributed by atoms with Crippen molar-refractivity contribution in [1.29, 1.82) is 0 Å². The van der Waals surface area contributed by atoms with E-state index < -0.39 is 25.1 Å². The smallest absolute Gasteiger partial charge is 0.870 e. The molecule has 51 heavy (non-hydrogen) atoms. The number of hydrogen-bond donors (Lipinski definition) is 2. The molecule has 0 aliphatic rings. The van der Waals surface area contributed by atoms with E-state index in [-0.39, 0.29) is 65.6 Å². The van der Waals surface area contributed by atoms with Crippen LogP contribution >= 0.6 is 0 Å². The Kier molecular flexibility index (Phi) is 19.4. The van der Waals surface area contributed by atoms with Gasteiger partial charge in [-0.2, -0.15) is 8.42 Å². The summed E-state index contributed by atoms with van der Waals surface area (Å²) in [6.45, 7) is 4.25. The summed E-state index contributed by atoms with van der Waals surface area (Å²) in [6, 6.07) is 22.0. The van der Waals surface area contributed by atoms with Crippen LogP contribution in [0.4, 0.5) is 0 Å². The van der Waals surface area contributed by atoms with Crippen molar-refractivity contribution in [2.45, 2.75) is 101 Å². The summed E-state index contributed by atoms with van der Waals surface area (Å²) >= 11 is 0. The van der Waals surface area contributed by atoms with E-state index >= 15 is 0 Å². The molecule has 0 aliphatic heterocycles. The topological polar surface area (TPSA) is 173 Å². The first-order valence-corrected chi connectivity index (χ1v) is 19.8. The van der Waals surface area contributed by atoms with Crippen molar-refractivity contribution in [3.05, 3.63) is 96.1 Å². The Morgan fingerprint density at radius 2 is 1.04 bits per heavy atom. The predicted molar refractivity (Wildman–Crippen MR) is 195 cm³/mol. The molecule has 0 amide bonds. The van der Waals surface area contributed by atoms with Crippen LogP contribution in [0.5, 0.6) is 34.5 Å². The van der Waals surface area contributed by atoms with Gasteiger partial charge in [-0.1, -0.05) is 113 Å². The summed E-state index contributed by atoms with van der Waals surface area (Å²) in [4.78, 5) is -0.707. The normalized spacial score (nSPS) is 11.2. The number of phenolic OH excluding ortho intramolecular Hbond substituents is 1. The Morgan fingerprint density at radius 1 is 0.608 bits per heavy atom. The number of hydrogen-bond acceptors (Lipinski definition) is 9. The van der Waals surface area contributed by atoms with Crippen molar-refractivity contribution in [2.75, 3.05) is 0 Å². The van der Waals surface area contributed by atoms with Crippen molar-refractivity contribution in [2.24, 2.45) is 0 Å². The molecule has 0 unspecified atom stereocenters. The zero-order valence-electron chi connectivity index (χ0n) is 29.3. The first kappa shape index (κ1) is 44.3. The molecule has 0 heterocycles. The molecule has 0 saturated carbocycles. The van der Waals surface area contributed by atoms with E-state index in [4.69, 9.17) is 9.47 Å². The quantitative estimate of drug-likeness (QED) is 0.0568. The fourth-order valence-corrected chi connectivity index (χ4v) is 6.25. The number of phenols is 1. The van der Waals surface area contributed by atoms with Crippen LogP contribution in [-0.4, -0.2) is 68.8 Å². The van der Waals surface area contributed by atoms with Crippen LogP contribution in [0.15, 0.2) is 94.7 Å². The van der Waals surface area contributed by atoms with Crippen molar-refractivity contribution < 1.29 is 45.6 Å². The number of para-hydroxylation sites is 2. The van der Waals surface area contributed by atoms with E-state index in [1.807, 2.05) is 6.07 Å². The van der Waals surface area contributed by atoms with E-state index in [1.54, 1.807) is 54.6 Å². The summed E-state index contributed by atoms with van der Waals surface area (Å²) in [5.41, 5.74) is 0.761. The SMILES string of the molecule is CCCCCCCc1cc(S(=O)(=O)O)cc(Oc2ccccc2)c1O.CCCCCCCc1cc(S(=O)(=O)[O-])cc(Oc2ccccc2)c1[O-].[Ca+2]. The molecule has 0 radical (unpaired) electrons.